The maximum absolute atomic E-state index is 12.4. The summed E-state index contributed by atoms with van der Waals surface area (Å²) in [7, 11) is 0. The summed E-state index contributed by atoms with van der Waals surface area (Å²) in [5, 5.41) is 8.81. The number of carbonyl (C=O) groups is 2. The molecule has 0 saturated carbocycles. The maximum Gasteiger partial charge on any atom is 0.408 e. The maximum atomic E-state index is 12.4. The summed E-state index contributed by atoms with van der Waals surface area (Å²) in [5.41, 5.74) is 0.889. The minimum absolute atomic E-state index is 0.221. The molecule has 0 spiro atoms. The van der Waals surface area contributed by atoms with Crippen LogP contribution in [0.15, 0.2) is 24.3 Å². The van der Waals surface area contributed by atoms with Crippen LogP contribution >= 0.6 is 0 Å². The van der Waals surface area contributed by atoms with Crippen molar-refractivity contribution in [1.29, 1.82) is 0 Å². The highest BCUT2D eigenvalue weighted by molar-refractivity contribution is 5.98. The summed E-state index contributed by atoms with van der Waals surface area (Å²) in [6, 6.07) is 6.99. The lowest BCUT2D eigenvalue weighted by Gasteiger charge is -2.26. The summed E-state index contributed by atoms with van der Waals surface area (Å²) < 4.78 is 10.7. The Kier molecular flexibility index (Phi) is 6.85. The van der Waals surface area contributed by atoms with Crippen LogP contribution in [0.25, 0.3) is 0 Å². The van der Waals surface area contributed by atoms with Crippen LogP contribution in [0.4, 0.5) is 16.2 Å². The predicted molar refractivity (Wildman–Crippen MR) is 101 cm³/mol. The lowest BCUT2D eigenvalue weighted by Crippen LogP contribution is -2.44. The average Bonchev–Trinajstić information content (AvgIpc) is 2.55. The minimum Gasteiger partial charge on any atom is -0.444 e. The number of para-hydroxylation sites is 2. The molecule has 1 aromatic rings. The highest BCUT2D eigenvalue weighted by Crippen LogP contribution is 2.24. The molecule has 2 rings (SSSR count). The first-order chi connectivity index (χ1) is 12.2. The van der Waals surface area contributed by atoms with Crippen molar-refractivity contribution in [3.8, 4) is 0 Å². The molecule has 1 saturated heterocycles. The van der Waals surface area contributed by atoms with E-state index < -0.39 is 17.7 Å². The molecule has 26 heavy (non-hydrogen) atoms. The van der Waals surface area contributed by atoms with E-state index >= 15 is 0 Å². The van der Waals surface area contributed by atoms with E-state index in [1.54, 1.807) is 27.7 Å². The number of alkyl carbamates (subject to hydrolysis) is 1. The normalized spacial score (nSPS) is 18.5. The van der Waals surface area contributed by atoms with Gasteiger partial charge in [-0.05, 0) is 52.7 Å². The number of hydrogen-bond donors (Lipinski definition) is 3. The van der Waals surface area contributed by atoms with E-state index in [1.807, 2.05) is 24.3 Å². The molecule has 0 aliphatic carbocycles. The quantitative estimate of drug-likeness (QED) is 0.748. The van der Waals surface area contributed by atoms with Crippen LogP contribution in [-0.2, 0) is 14.3 Å². The van der Waals surface area contributed by atoms with E-state index in [-0.39, 0.29) is 11.9 Å². The zero-order valence-corrected chi connectivity index (χ0v) is 15.9. The van der Waals surface area contributed by atoms with Gasteiger partial charge >= 0.3 is 6.09 Å². The van der Waals surface area contributed by atoms with Gasteiger partial charge in [-0.25, -0.2) is 4.79 Å². The summed E-state index contributed by atoms with van der Waals surface area (Å²) in [6.45, 7) is 8.38. The smallest absolute Gasteiger partial charge is 0.408 e. The van der Waals surface area contributed by atoms with Crippen molar-refractivity contribution in [2.75, 3.05) is 23.8 Å². The number of carbonyl (C=O) groups excluding carboxylic acids is 2. The van der Waals surface area contributed by atoms with Crippen molar-refractivity contribution < 1.29 is 19.1 Å². The van der Waals surface area contributed by atoms with Crippen LogP contribution in [0.3, 0.4) is 0 Å². The SMILES string of the molecule is CC(NC(=O)OC(C)(C)C)C(=O)Nc1ccccc1NC1CCCOC1. The van der Waals surface area contributed by atoms with Gasteiger partial charge in [0.15, 0.2) is 0 Å². The molecular weight excluding hydrogens is 334 g/mol. The summed E-state index contributed by atoms with van der Waals surface area (Å²) in [4.78, 5) is 24.2. The minimum atomic E-state index is -0.726. The van der Waals surface area contributed by atoms with Gasteiger partial charge in [0.05, 0.1) is 18.0 Å². The summed E-state index contributed by atoms with van der Waals surface area (Å²) >= 11 is 0. The topological polar surface area (TPSA) is 88.7 Å². The third kappa shape index (κ3) is 6.55. The molecule has 7 nitrogen and oxygen atoms in total. The number of rotatable bonds is 5. The first kappa shape index (κ1) is 20.0. The van der Waals surface area contributed by atoms with Gasteiger partial charge in [-0.2, -0.15) is 0 Å². The molecule has 2 atom stereocenters. The van der Waals surface area contributed by atoms with Crippen molar-refractivity contribution in [2.24, 2.45) is 0 Å². The Bertz CT molecular complexity index is 621. The Morgan fingerprint density at radius 2 is 1.92 bits per heavy atom. The van der Waals surface area contributed by atoms with E-state index in [9.17, 15) is 9.59 Å². The second-order valence-electron chi connectivity index (χ2n) is 7.46. The number of benzene rings is 1. The predicted octanol–water partition coefficient (Wildman–Crippen LogP) is 3.13. The fraction of sp³-hybridized carbons (Fsp3) is 0.579. The van der Waals surface area contributed by atoms with E-state index in [4.69, 9.17) is 9.47 Å². The fourth-order valence-electron chi connectivity index (χ4n) is 2.58. The van der Waals surface area contributed by atoms with Crippen LogP contribution < -0.4 is 16.0 Å². The van der Waals surface area contributed by atoms with Gasteiger partial charge in [-0.15, -0.1) is 0 Å². The van der Waals surface area contributed by atoms with Crippen LogP contribution in [0, 0.1) is 0 Å². The van der Waals surface area contributed by atoms with Crippen LogP contribution in [0.1, 0.15) is 40.5 Å². The van der Waals surface area contributed by atoms with Gasteiger partial charge in [0, 0.05) is 12.6 Å². The van der Waals surface area contributed by atoms with Gasteiger partial charge in [0.1, 0.15) is 11.6 Å². The lowest BCUT2D eigenvalue weighted by atomic mass is 10.1. The van der Waals surface area contributed by atoms with E-state index in [1.165, 1.54) is 0 Å². The Labute approximate surface area is 154 Å². The third-order valence-electron chi connectivity index (χ3n) is 3.83. The second kappa shape index (κ2) is 8.89. The van der Waals surface area contributed by atoms with Gasteiger partial charge in [-0.3, -0.25) is 4.79 Å². The molecule has 2 unspecified atom stereocenters. The van der Waals surface area contributed by atoms with E-state index in [2.05, 4.69) is 16.0 Å². The number of anilines is 2. The molecular formula is C19H29N3O4. The highest BCUT2D eigenvalue weighted by Gasteiger charge is 2.22. The molecule has 2 amide bonds. The first-order valence-electron chi connectivity index (χ1n) is 8.98. The molecule has 1 aliphatic heterocycles. The molecule has 0 aromatic heterocycles. The van der Waals surface area contributed by atoms with Crippen molar-refractivity contribution in [1.82, 2.24) is 5.32 Å². The third-order valence-corrected chi connectivity index (χ3v) is 3.83. The average molecular weight is 363 g/mol. The van der Waals surface area contributed by atoms with Crippen molar-refractivity contribution in [3.63, 3.8) is 0 Å². The largest absolute Gasteiger partial charge is 0.444 e. The first-order valence-corrected chi connectivity index (χ1v) is 8.98. The number of hydrogen-bond acceptors (Lipinski definition) is 5. The Morgan fingerprint density at radius 3 is 2.54 bits per heavy atom. The standard InChI is InChI=1S/C19H29N3O4/c1-13(20-18(24)26-19(2,3)4)17(23)22-16-10-6-5-9-15(16)21-14-8-7-11-25-12-14/h5-6,9-10,13-14,21H,7-8,11-12H2,1-4H3,(H,20,24)(H,22,23). The molecule has 0 bridgehead atoms. The monoisotopic (exact) mass is 363 g/mol. The van der Waals surface area contributed by atoms with Gasteiger partial charge in [-0.1, -0.05) is 12.1 Å². The highest BCUT2D eigenvalue weighted by atomic mass is 16.6. The van der Waals surface area contributed by atoms with Gasteiger partial charge in [0.2, 0.25) is 5.91 Å². The number of nitrogens with one attached hydrogen (secondary N) is 3. The Hall–Kier alpha value is -2.28. The Morgan fingerprint density at radius 1 is 1.23 bits per heavy atom. The van der Waals surface area contributed by atoms with Crippen molar-refractivity contribution >= 4 is 23.4 Å². The van der Waals surface area contributed by atoms with Gasteiger partial charge < -0.3 is 25.4 Å². The molecule has 144 valence electrons. The summed E-state index contributed by atoms with van der Waals surface area (Å²) in [6.07, 6.45) is 1.42. The zero-order valence-electron chi connectivity index (χ0n) is 15.9. The summed E-state index contributed by atoms with van der Waals surface area (Å²) in [5.74, 6) is -0.315. The fourth-order valence-corrected chi connectivity index (χ4v) is 2.58. The molecule has 1 aliphatic rings. The number of ether oxygens (including phenoxy) is 2. The van der Waals surface area contributed by atoms with Crippen molar-refractivity contribution in [3.05, 3.63) is 24.3 Å². The molecule has 1 fully saturated rings. The van der Waals surface area contributed by atoms with Crippen LogP contribution in [0.5, 0.6) is 0 Å². The van der Waals surface area contributed by atoms with Gasteiger partial charge in [0.25, 0.3) is 0 Å². The molecule has 1 aromatic carbocycles. The second-order valence-corrected chi connectivity index (χ2v) is 7.46. The zero-order chi connectivity index (χ0) is 19.2. The molecule has 3 N–H and O–H groups in total. The number of amides is 2. The van der Waals surface area contributed by atoms with E-state index in [0.29, 0.717) is 12.3 Å². The molecule has 1 heterocycles. The van der Waals surface area contributed by atoms with Crippen LogP contribution in [0.2, 0.25) is 0 Å². The van der Waals surface area contributed by atoms with Crippen molar-refractivity contribution in [2.45, 2.75) is 58.2 Å². The molecule has 7 heteroatoms. The Balaban J connectivity index is 1.94. The van der Waals surface area contributed by atoms with E-state index in [0.717, 1.165) is 25.1 Å². The van der Waals surface area contributed by atoms with Crippen LogP contribution in [-0.4, -0.2) is 42.9 Å². The molecule has 0 radical (unpaired) electrons. The lowest BCUT2D eigenvalue weighted by molar-refractivity contribution is -0.117.